The molecule has 108 valence electrons. The average Bonchev–Trinajstić information content (AvgIpc) is 2.76. The number of esters is 1. The number of ether oxygens (including phenoxy) is 1. The van der Waals surface area contributed by atoms with Gasteiger partial charge in [-0.3, -0.25) is 4.79 Å². The molecule has 0 bridgehead atoms. The first-order valence-corrected chi connectivity index (χ1v) is 7.43. The van der Waals surface area contributed by atoms with Crippen LogP contribution in [0.4, 0.5) is 0 Å². The average molecular weight is 268 g/mol. The second kappa shape index (κ2) is 3.95. The van der Waals surface area contributed by atoms with E-state index in [1.54, 1.807) is 0 Å². The van der Waals surface area contributed by atoms with Crippen LogP contribution in [0.3, 0.4) is 0 Å². The van der Waals surface area contributed by atoms with Gasteiger partial charge in [-0.2, -0.15) is 0 Å². The molecule has 0 radical (unpaired) electrons. The Labute approximate surface area is 114 Å². The fourth-order valence-electron chi connectivity index (χ4n) is 4.83. The molecule has 3 fully saturated rings. The molecule has 7 atom stereocenters. The standard InChI is InChI=1S/C15H24O4/c1-8-4-5-10-9(2)13(17)19-12(10)14(3)11(16)6-7-15(8,14)18/h8-12,16,18H,4-7H2,1-3H3. The fourth-order valence-corrected chi connectivity index (χ4v) is 4.83. The van der Waals surface area contributed by atoms with E-state index in [-0.39, 0.29) is 29.8 Å². The van der Waals surface area contributed by atoms with Crippen LogP contribution in [0.1, 0.15) is 46.5 Å². The van der Waals surface area contributed by atoms with E-state index in [9.17, 15) is 15.0 Å². The van der Waals surface area contributed by atoms with Gasteiger partial charge in [0.15, 0.2) is 0 Å². The van der Waals surface area contributed by atoms with Crippen LogP contribution in [0, 0.1) is 23.2 Å². The molecule has 7 unspecified atom stereocenters. The Morgan fingerprint density at radius 2 is 1.95 bits per heavy atom. The molecule has 4 nitrogen and oxygen atoms in total. The van der Waals surface area contributed by atoms with E-state index in [0.717, 1.165) is 12.8 Å². The summed E-state index contributed by atoms with van der Waals surface area (Å²) in [5.74, 6) is -0.0377. The van der Waals surface area contributed by atoms with E-state index in [4.69, 9.17) is 4.74 Å². The highest BCUT2D eigenvalue weighted by Crippen LogP contribution is 2.60. The molecule has 2 saturated carbocycles. The highest BCUT2D eigenvalue weighted by atomic mass is 16.6. The quantitative estimate of drug-likeness (QED) is 0.653. The molecule has 1 heterocycles. The zero-order chi connectivity index (χ0) is 14.0. The fraction of sp³-hybridized carbons (Fsp3) is 0.933. The van der Waals surface area contributed by atoms with Crippen LogP contribution in [0.5, 0.6) is 0 Å². The summed E-state index contributed by atoms with van der Waals surface area (Å²) in [6.45, 7) is 5.88. The first-order valence-electron chi connectivity index (χ1n) is 7.43. The molecule has 0 aromatic heterocycles. The summed E-state index contributed by atoms with van der Waals surface area (Å²) in [7, 11) is 0. The monoisotopic (exact) mass is 268 g/mol. The van der Waals surface area contributed by atoms with Gasteiger partial charge in [-0.1, -0.05) is 20.8 Å². The van der Waals surface area contributed by atoms with Crippen LogP contribution in [-0.4, -0.2) is 34.0 Å². The lowest BCUT2D eigenvalue weighted by Crippen LogP contribution is -2.57. The van der Waals surface area contributed by atoms with Crippen LogP contribution in [0.2, 0.25) is 0 Å². The molecule has 2 N–H and O–H groups in total. The van der Waals surface area contributed by atoms with Crippen LogP contribution in [-0.2, 0) is 9.53 Å². The number of rotatable bonds is 0. The summed E-state index contributed by atoms with van der Waals surface area (Å²) in [6.07, 6.45) is 2.03. The summed E-state index contributed by atoms with van der Waals surface area (Å²) >= 11 is 0. The van der Waals surface area contributed by atoms with Crippen LogP contribution in [0.15, 0.2) is 0 Å². The molecule has 2 aliphatic carbocycles. The first kappa shape index (κ1) is 13.4. The minimum atomic E-state index is -0.920. The lowest BCUT2D eigenvalue weighted by atomic mass is 9.64. The minimum absolute atomic E-state index is 0.121. The van der Waals surface area contributed by atoms with E-state index in [1.807, 2.05) is 13.8 Å². The van der Waals surface area contributed by atoms with Crippen LogP contribution in [0.25, 0.3) is 0 Å². The Morgan fingerprint density at radius 3 is 2.63 bits per heavy atom. The van der Waals surface area contributed by atoms with E-state index in [1.165, 1.54) is 0 Å². The van der Waals surface area contributed by atoms with Gasteiger partial charge in [-0.25, -0.2) is 0 Å². The number of fused-ring (bicyclic) bond motifs is 3. The van der Waals surface area contributed by atoms with E-state index in [0.29, 0.717) is 12.8 Å². The molecule has 19 heavy (non-hydrogen) atoms. The summed E-state index contributed by atoms with van der Waals surface area (Å²) in [5, 5.41) is 21.6. The highest BCUT2D eigenvalue weighted by molar-refractivity contribution is 5.75. The van der Waals surface area contributed by atoms with Crippen molar-refractivity contribution in [1.29, 1.82) is 0 Å². The van der Waals surface area contributed by atoms with Crippen molar-refractivity contribution in [2.75, 3.05) is 0 Å². The lowest BCUT2D eigenvalue weighted by Gasteiger charge is -2.46. The number of carbonyl (C=O) groups is 1. The third-order valence-electron chi connectivity index (χ3n) is 6.41. The maximum absolute atomic E-state index is 11.9. The normalized spacial score (nSPS) is 57.3. The molecule has 3 rings (SSSR count). The second-order valence-electron chi connectivity index (χ2n) is 7.05. The maximum atomic E-state index is 11.9. The molecule has 0 spiro atoms. The van der Waals surface area contributed by atoms with Crippen molar-refractivity contribution < 1.29 is 19.7 Å². The van der Waals surface area contributed by atoms with Crippen molar-refractivity contribution in [3.63, 3.8) is 0 Å². The predicted molar refractivity (Wildman–Crippen MR) is 69.2 cm³/mol. The summed E-state index contributed by atoms with van der Waals surface area (Å²) < 4.78 is 5.60. The Bertz CT molecular complexity index is 409. The number of aliphatic hydroxyl groups is 2. The number of hydrogen-bond donors (Lipinski definition) is 2. The Balaban J connectivity index is 2.09. The second-order valence-corrected chi connectivity index (χ2v) is 7.05. The third-order valence-corrected chi connectivity index (χ3v) is 6.41. The molecule has 1 aliphatic heterocycles. The number of hydrogen-bond acceptors (Lipinski definition) is 4. The number of carbonyl (C=O) groups excluding carboxylic acids is 1. The minimum Gasteiger partial charge on any atom is -0.461 e. The molecule has 0 amide bonds. The van der Waals surface area contributed by atoms with Crippen molar-refractivity contribution in [2.24, 2.45) is 23.2 Å². The molecule has 0 aromatic carbocycles. The molecule has 0 aromatic rings. The van der Waals surface area contributed by atoms with Gasteiger partial charge in [-0.15, -0.1) is 0 Å². The molecular weight excluding hydrogens is 244 g/mol. The van der Waals surface area contributed by atoms with Crippen molar-refractivity contribution in [3.8, 4) is 0 Å². The lowest BCUT2D eigenvalue weighted by molar-refractivity contribution is -0.183. The summed E-state index contributed by atoms with van der Waals surface area (Å²) in [6, 6.07) is 0. The maximum Gasteiger partial charge on any atom is 0.309 e. The van der Waals surface area contributed by atoms with Gasteiger partial charge >= 0.3 is 5.97 Å². The molecule has 1 saturated heterocycles. The van der Waals surface area contributed by atoms with Gasteiger partial charge in [0, 0.05) is 5.92 Å². The van der Waals surface area contributed by atoms with Gasteiger partial charge in [0.1, 0.15) is 6.10 Å². The first-order chi connectivity index (χ1) is 8.82. The van der Waals surface area contributed by atoms with Gasteiger partial charge < -0.3 is 14.9 Å². The topological polar surface area (TPSA) is 66.8 Å². The Morgan fingerprint density at radius 1 is 1.26 bits per heavy atom. The van der Waals surface area contributed by atoms with E-state index in [2.05, 4.69) is 6.92 Å². The van der Waals surface area contributed by atoms with Crippen molar-refractivity contribution in [3.05, 3.63) is 0 Å². The zero-order valence-corrected chi connectivity index (χ0v) is 11.9. The van der Waals surface area contributed by atoms with Crippen molar-refractivity contribution in [2.45, 2.75) is 64.3 Å². The SMILES string of the molecule is CC1C(=O)OC2C1CCC(C)C1(O)CCC(O)C21C. The summed E-state index contributed by atoms with van der Waals surface area (Å²) in [5.41, 5.74) is -1.65. The Hall–Kier alpha value is -0.610. The zero-order valence-electron chi connectivity index (χ0n) is 11.9. The van der Waals surface area contributed by atoms with E-state index >= 15 is 0 Å². The predicted octanol–water partition coefficient (Wildman–Crippen LogP) is 1.49. The third kappa shape index (κ3) is 1.44. The van der Waals surface area contributed by atoms with Crippen LogP contribution < -0.4 is 0 Å². The smallest absolute Gasteiger partial charge is 0.309 e. The van der Waals surface area contributed by atoms with Crippen LogP contribution >= 0.6 is 0 Å². The molecule has 3 aliphatic rings. The van der Waals surface area contributed by atoms with Gasteiger partial charge in [0.2, 0.25) is 0 Å². The Kier molecular flexibility index (Phi) is 2.78. The van der Waals surface area contributed by atoms with Gasteiger partial charge in [0.25, 0.3) is 0 Å². The highest BCUT2D eigenvalue weighted by Gasteiger charge is 2.68. The molecule has 4 heteroatoms. The van der Waals surface area contributed by atoms with Gasteiger partial charge in [0.05, 0.1) is 23.0 Å². The van der Waals surface area contributed by atoms with Crippen molar-refractivity contribution >= 4 is 5.97 Å². The van der Waals surface area contributed by atoms with Crippen molar-refractivity contribution in [1.82, 2.24) is 0 Å². The van der Waals surface area contributed by atoms with Gasteiger partial charge in [-0.05, 0) is 31.6 Å². The number of aliphatic hydroxyl groups excluding tert-OH is 1. The molecular formula is C15H24O4. The van der Waals surface area contributed by atoms with E-state index < -0.39 is 17.1 Å². The summed E-state index contributed by atoms with van der Waals surface area (Å²) in [4.78, 5) is 11.9. The largest absolute Gasteiger partial charge is 0.461 e.